The van der Waals surface area contributed by atoms with Gasteiger partial charge in [-0.3, -0.25) is 14.9 Å². The zero-order chi connectivity index (χ0) is 19.2. The summed E-state index contributed by atoms with van der Waals surface area (Å²) < 4.78 is 19.6. The molecule has 9 heteroatoms. The second-order valence-electron chi connectivity index (χ2n) is 5.48. The lowest BCUT2D eigenvalue weighted by Gasteiger charge is -2.06. The van der Waals surface area contributed by atoms with Crippen LogP contribution in [-0.2, 0) is 0 Å². The lowest BCUT2D eigenvalue weighted by molar-refractivity contribution is -0.384. The molecule has 1 amide bonds. The van der Waals surface area contributed by atoms with Crippen LogP contribution >= 0.6 is 0 Å². The molecule has 1 aromatic heterocycles. The highest BCUT2D eigenvalue weighted by Crippen LogP contribution is 2.16. The summed E-state index contributed by atoms with van der Waals surface area (Å²) >= 11 is 0. The highest BCUT2D eigenvalue weighted by atomic mass is 19.1. The van der Waals surface area contributed by atoms with Crippen molar-refractivity contribution in [1.82, 2.24) is 15.1 Å². The third kappa shape index (κ3) is 4.66. The number of halogens is 1. The molecule has 2 aromatic carbocycles. The monoisotopic (exact) mass is 370 g/mol. The van der Waals surface area contributed by atoms with Gasteiger partial charge >= 0.3 is 0 Å². The van der Waals surface area contributed by atoms with Gasteiger partial charge in [0.25, 0.3) is 11.6 Å². The van der Waals surface area contributed by atoms with Gasteiger partial charge in [0.15, 0.2) is 5.69 Å². The predicted octanol–water partition coefficient (Wildman–Crippen LogP) is 2.73. The van der Waals surface area contributed by atoms with Gasteiger partial charge in [-0.2, -0.15) is 5.10 Å². The fraction of sp³-hybridized carbons (Fsp3) is 0.111. The minimum absolute atomic E-state index is 0.0630. The lowest BCUT2D eigenvalue weighted by atomic mass is 10.3. The van der Waals surface area contributed by atoms with E-state index in [1.54, 1.807) is 18.3 Å². The smallest absolute Gasteiger partial charge is 0.271 e. The molecule has 0 aliphatic rings. The largest absolute Gasteiger partial charge is 0.492 e. The van der Waals surface area contributed by atoms with Crippen molar-refractivity contribution >= 4 is 11.6 Å². The number of nitro benzene ring substituents is 1. The van der Waals surface area contributed by atoms with Crippen LogP contribution in [-0.4, -0.2) is 33.8 Å². The maximum absolute atomic E-state index is 12.8. The Labute approximate surface area is 153 Å². The van der Waals surface area contributed by atoms with E-state index in [2.05, 4.69) is 10.4 Å². The van der Waals surface area contributed by atoms with Crippen molar-refractivity contribution in [2.75, 3.05) is 13.2 Å². The molecule has 0 bridgehead atoms. The highest BCUT2D eigenvalue weighted by Gasteiger charge is 2.12. The molecule has 0 spiro atoms. The maximum Gasteiger partial charge on any atom is 0.271 e. The van der Waals surface area contributed by atoms with Gasteiger partial charge in [0, 0.05) is 18.3 Å². The summed E-state index contributed by atoms with van der Waals surface area (Å²) in [4.78, 5) is 22.5. The number of hydrogen-bond acceptors (Lipinski definition) is 5. The van der Waals surface area contributed by atoms with E-state index in [-0.39, 0.29) is 30.4 Å². The van der Waals surface area contributed by atoms with Crippen LogP contribution in [0.1, 0.15) is 10.5 Å². The van der Waals surface area contributed by atoms with E-state index in [0.29, 0.717) is 11.4 Å². The Morgan fingerprint density at radius 3 is 2.74 bits per heavy atom. The van der Waals surface area contributed by atoms with Crippen molar-refractivity contribution in [3.8, 4) is 11.4 Å². The molecule has 8 nitrogen and oxygen atoms in total. The first kappa shape index (κ1) is 18.1. The van der Waals surface area contributed by atoms with Crippen LogP contribution in [0.2, 0.25) is 0 Å². The molecular weight excluding hydrogens is 355 g/mol. The van der Waals surface area contributed by atoms with E-state index in [4.69, 9.17) is 4.74 Å². The van der Waals surface area contributed by atoms with Crippen LogP contribution < -0.4 is 10.1 Å². The number of nitro groups is 1. The first-order valence-electron chi connectivity index (χ1n) is 8.00. The SMILES string of the molecule is O=C(NCCOc1ccc(F)cc1)c1ccn(-c2cccc([N+](=O)[O-])c2)n1. The molecular formula is C18H15FN4O4. The molecule has 3 rings (SSSR count). The van der Waals surface area contributed by atoms with Gasteiger partial charge in [0.1, 0.15) is 18.2 Å². The second kappa shape index (κ2) is 8.09. The Balaban J connectivity index is 1.54. The molecule has 27 heavy (non-hydrogen) atoms. The van der Waals surface area contributed by atoms with Crippen LogP contribution in [0.15, 0.2) is 60.8 Å². The summed E-state index contributed by atoms with van der Waals surface area (Å²) in [5.74, 6) is -0.252. The average Bonchev–Trinajstić information content (AvgIpc) is 3.17. The molecule has 0 aliphatic carbocycles. The number of nitrogens with one attached hydrogen (secondary N) is 1. The molecule has 0 fully saturated rings. The van der Waals surface area contributed by atoms with Gasteiger partial charge in [-0.25, -0.2) is 9.07 Å². The van der Waals surface area contributed by atoms with Gasteiger partial charge in [-0.1, -0.05) is 6.07 Å². The van der Waals surface area contributed by atoms with Crippen molar-refractivity contribution in [1.29, 1.82) is 0 Å². The molecule has 138 valence electrons. The van der Waals surface area contributed by atoms with E-state index >= 15 is 0 Å². The van der Waals surface area contributed by atoms with Crippen LogP contribution in [0.25, 0.3) is 5.69 Å². The maximum atomic E-state index is 12.8. The van der Waals surface area contributed by atoms with Crippen molar-refractivity contribution in [3.05, 3.63) is 82.4 Å². The number of rotatable bonds is 7. The summed E-state index contributed by atoms with van der Waals surface area (Å²) in [6, 6.07) is 13.0. The van der Waals surface area contributed by atoms with Crippen molar-refractivity contribution in [3.63, 3.8) is 0 Å². The number of ether oxygens (including phenoxy) is 1. The van der Waals surface area contributed by atoms with Crippen molar-refractivity contribution in [2.45, 2.75) is 0 Å². The number of amides is 1. The Hall–Kier alpha value is -3.75. The molecule has 3 aromatic rings. The van der Waals surface area contributed by atoms with Crippen molar-refractivity contribution in [2.24, 2.45) is 0 Å². The van der Waals surface area contributed by atoms with E-state index in [9.17, 15) is 19.3 Å². The molecule has 0 atom stereocenters. The van der Waals surface area contributed by atoms with Crippen molar-refractivity contribution < 1.29 is 18.8 Å². The zero-order valence-electron chi connectivity index (χ0n) is 14.0. The molecule has 0 aliphatic heterocycles. The fourth-order valence-electron chi connectivity index (χ4n) is 2.29. The predicted molar refractivity (Wildman–Crippen MR) is 94.4 cm³/mol. The lowest BCUT2D eigenvalue weighted by Crippen LogP contribution is -2.28. The Morgan fingerprint density at radius 2 is 2.00 bits per heavy atom. The fourth-order valence-corrected chi connectivity index (χ4v) is 2.29. The van der Waals surface area contributed by atoms with E-state index < -0.39 is 10.8 Å². The van der Waals surface area contributed by atoms with Crippen LogP contribution in [0.5, 0.6) is 5.75 Å². The zero-order valence-corrected chi connectivity index (χ0v) is 14.0. The summed E-state index contributed by atoms with van der Waals surface area (Å²) in [6.07, 6.45) is 1.54. The number of hydrogen-bond donors (Lipinski definition) is 1. The summed E-state index contributed by atoms with van der Waals surface area (Å²) in [7, 11) is 0. The van der Waals surface area contributed by atoms with Gasteiger partial charge in [-0.05, 0) is 36.4 Å². The third-order valence-electron chi connectivity index (χ3n) is 3.60. The molecule has 0 saturated carbocycles. The quantitative estimate of drug-likeness (QED) is 0.392. The molecule has 1 heterocycles. The third-order valence-corrected chi connectivity index (χ3v) is 3.60. The van der Waals surface area contributed by atoms with Crippen LogP contribution in [0.3, 0.4) is 0 Å². The highest BCUT2D eigenvalue weighted by molar-refractivity contribution is 5.92. The Morgan fingerprint density at radius 1 is 1.22 bits per heavy atom. The van der Waals surface area contributed by atoms with Gasteiger partial charge in [-0.15, -0.1) is 0 Å². The number of carbonyl (C=O) groups is 1. The number of benzene rings is 2. The standard InChI is InChI=1S/C18H15FN4O4/c19-13-4-6-16(7-5-13)27-11-9-20-18(24)17-8-10-22(21-17)14-2-1-3-15(12-14)23(25)26/h1-8,10,12H,9,11H2,(H,20,24). The summed E-state index contributed by atoms with van der Waals surface area (Å²) in [5, 5.41) is 17.6. The molecule has 0 unspecified atom stereocenters. The Bertz CT molecular complexity index is 956. The number of aromatic nitrogens is 2. The van der Waals surface area contributed by atoms with Gasteiger partial charge in [0.05, 0.1) is 17.2 Å². The minimum atomic E-state index is -0.498. The van der Waals surface area contributed by atoms with Gasteiger partial charge < -0.3 is 10.1 Å². The second-order valence-corrected chi connectivity index (χ2v) is 5.48. The normalized spacial score (nSPS) is 10.4. The number of nitrogens with zero attached hydrogens (tertiary/aromatic N) is 3. The topological polar surface area (TPSA) is 99.3 Å². The average molecular weight is 370 g/mol. The van der Waals surface area contributed by atoms with Crippen LogP contribution in [0, 0.1) is 15.9 Å². The number of carbonyl (C=O) groups excluding carboxylic acids is 1. The summed E-state index contributed by atoms with van der Waals surface area (Å²) in [5.41, 5.74) is 0.582. The first-order chi connectivity index (χ1) is 13.0. The number of non-ortho nitro benzene ring substituents is 1. The molecule has 0 saturated heterocycles. The minimum Gasteiger partial charge on any atom is -0.492 e. The Kier molecular flexibility index (Phi) is 5.41. The van der Waals surface area contributed by atoms with Gasteiger partial charge in [0.2, 0.25) is 0 Å². The molecule has 1 N–H and O–H groups in total. The molecule has 0 radical (unpaired) electrons. The van der Waals surface area contributed by atoms with Crippen LogP contribution in [0.4, 0.5) is 10.1 Å². The first-order valence-corrected chi connectivity index (χ1v) is 8.00. The summed E-state index contributed by atoms with van der Waals surface area (Å²) in [6.45, 7) is 0.447. The van der Waals surface area contributed by atoms with E-state index in [0.717, 1.165) is 0 Å². The van der Waals surface area contributed by atoms with E-state index in [1.807, 2.05) is 0 Å². The van der Waals surface area contributed by atoms with E-state index in [1.165, 1.54) is 47.1 Å².